The molecule has 1 N–H and O–H groups in total. The smallest absolute Gasteiger partial charge is 0.128 e. The van der Waals surface area contributed by atoms with Crippen molar-refractivity contribution in [3.63, 3.8) is 0 Å². The van der Waals surface area contributed by atoms with Crippen molar-refractivity contribution >= 4 is 11.5 Å². The molecule has 4 heteroatoms. The highest BCUT2D eigenvalue weighted by Gasteiger charge is 2.02. The molecular formula is C15H20N4. The Morgan fingerprint density at radius 2 is 1.89 bits per heavy atom. The van der Waals surface area contributed by atoms with Gasteiger partial charge in [0.2, 0.25) is 0 Å². The van der Waals surface area contributed by atoms with Gasteiger partial charge in [0.1, 0.15) is 5.82 Å². The van der Waals surface area contributed by atoms with Crippen LogP contribution in [-0.4, -0.2) is 23.1 Å². The number of pyridine rings is 2. The van der Waals surface area contributed by atoms with Gasteiger partial charge in [0.05, 0.1) is 24.1 Å². The van der Waals surface area contributed by atoms with Crippen LogP contribution < -0.4 is 10.2 Å². The number of hydrogen-bond acceptors (Lipinski definition) is 4. The van der Waals surface area contributed by atoms with Crippen LogP contribution in [0.5, 0.6) is 0 Å². The molecule has 0 aliphatic rings. The Bertz CT molecular complexity index is 477. The fourth-order valence-electron chi connectivity index (χ4n) is 1.92. The molecule has 0 spiro atoms. The maximum absolute atomic E-state index is 4.48. The van der Waals surface area contributed by atoms with E-state index in [2.05, 4.69) is 40.1 Å². The van der Waals surface area contributed by atoms with E-state index in [1.54, 1.807) is 6.20 Å². The number of hydrogen-bond donors (Lipinski definition) is 1. The Labute approximate surface area is 114 Å². The molecule has 0 bridgehead atoms. The van der Waals surface area contributed by atoms with Crippen LogP contribution in [0.3, 0.4) is 0 Å². The second kappa shape index (κ2) is 6.73. The molecule has 0 saturated carbocycles. The molecule has 0 fully saturated rings. The summed E-state index contributed by atoms with van der Waals surface area (Å²) in [6, 6.07) is 10.0. The molecule has 4 nitrogen and oxygen atoms in total. The summed E-state index contributed by atoms with van der Waals surface area (Å²) in [7, 11) is 0. The maximum Gasteiger partial charge on any atom is 0.128 e. The number of aromatic nitrogens is 2. The molecule has 19 heavy (non-hydrogen) atoms. The second-order valence-corrected chi connectivity index (χ2v) is 4.25. The first kappa shape index (κ1) is 13.3. The van der Waals surface area contributed by atoms with E-state index in [1.165, 1.54) is 0 Å². The van der Waals surface area contributed by atoms with Crippen LogP contribution in [0.25, 0.3) is 0 Å². The van der Waals surface area contributed by atoms with Gasteiger partial charge in [0, 0.05) is 19.3 Å². The average molecular weight is 256 g/mol. The molecule has 2 aromatic rings. The first-order chi connectivity index (χ1) is 9.33. The molecule has 0 unspecified atom stereocenters. The SMILES string of the molecule is CCN(CC)c1ccc(NCc2ccccn2)cn1. The molecule has 2 aromatic heterocycles. The summed E-state index contributed by atoms with van der Waals surface area (Å²) in [6.07, 6.45) is 3.68. The van der Waals surface area contributed by atoms with Gasteiger partial charge in [-0.25, -0.2) is 4.98 Å². The van der Waals surface area contributed by atoms with Crippen LogP contribution in [0.15, 0.2) is 42.7 Å². The van der Waals surface area contributed by atoms with Gasteiger partial charge in [-0.1, -0.05) is 6.07 Å². The van der Waals surface area contributed by atoms with E-state index in [0.29, 0.717) is 6.54 Å². The minimum absolute atomic E-state index is 0.715. The highest BCUT2D eigenvalue weighted by Crippen LogP contribution is 2.14. The van der Waals surface area contributed by atoms with Gasteiger partial charge >= 0.3 is 0 Å². The van der Waals surface area contributed by atoms with Crippen LogP contribution in [0.1, 0.15) is 19.5 Å². The Hall–Kier alpha value is -2.10. The maximum atomic E-state index is 4.48. The molecule has 0 amide bonds. The number of nitrogens with zero attached hydrogens (tertiary/aromatic N) is 3. The third-order valence-electron chi connectivity index (χ3n) is 3.04. The Morgan fingerprint density at radius 3 is 2.47 bits per heavy atom. The Balaban J connectivity index is 1.95. The summed E-state index contributed by atoms with van der Waals surface area (Å²) in [5.41, 5.74) is 2.04. The van der Waals surface area contributed by atoms with Crippen molar-refractivity contribution in [3.8, 4) is 0 Å². The monoisotopic (exact) mass is 256 g/mol. The fourth-order valence-corrected chi connectivity index (χ4v) is 1.92. The third-order valence-corrected chi connectivity index (χ3v) is 3.04. The molecular weight excluding hydrogens is 236 g/mol. The second-order valence-electron chi connectivity index (χ2n) is 4.25. The quantitative estimate of drug-likeness (QED) is 0.862. The summed E-state index contributed by atoms with van der Waals surface area (Å²) in [5.74, 6) is 1.02. The van der Waals surface area contributed by atoms with Gasteiger partial charge in [0.15, 0.2) is 0 Å². The van der Waals surface area contributed by atoms with Gasteiger partial charge in [-0.15, -0.1) is 0 Å². The standard InChI is InChI=1S/C15H20N4/c1-3-19(4-2)15-9-8-14(12-18-15)17-11-13-7-5-6-10-16-13/h5-10,12,17H,3-4,11H2,1-2H3. The van der Waals surface area contributed by atoms with Gasteiger partial charge in [-0.2, -0.15) is 0 Å². The van der Waals surface area contributed by atoms with Crippen molar-refractivity contribution in [3.05, 3.63) is 48.4 Å². The zero-order chi connectivity index (χ0) is 13.5. The van der Waals surface area contributed by atoms with Crippen LogP contribution >= 0.6 is 0 Å². The molecule has 0 radical (unpaired) electrons. The highest BCUT2D eigenvalue weighted by atomic mass is 15.2. The fraction of sp³-hybridized carbons (Fsp3) is 0.333. The van der Waals surface area contributed by atoms with E-state index in [1.807, 2.05) is 30.5 Å². The van der Waals surface area contributed by atoms with Gasteiger partial charge in [-0.05, 0) is 38.1 Å². The Kier molecular flexibility index (Phi) is 4.72. The molecule has 2 rings (SSSR count). The molecule has 100 valence electrons. The lowest BCUT2D eigenvalue weighted by Crippen LogP contribution is -2.22. The Morgan fingerprint density at radius 1 is 1.05 bits per heavy atom. The van der Waals surface area contributed by atoms with Crippen LogP contribution in [0, 0.1) is 0 Å². The van der Waals surface area contributed by atoms with E-state index in [9.17, 15) is 0 Å². The first-order valence-corrected chi connectivity index (χ1v) is 6.68. The molecule has 0 atom stereocenters. The van der Waals surface area contributed by atoms with Crippen LogP contribution in [0.2, 0.25) is 0 Å². The minimum atomic E-state index is 0.715. The predicted molar refractivity (Wildman–Crippen MR) is 79.4 cm³/mol. The average Bonchev–Trinajstić information content (AvgIpc) is 2.49. The van der Waals surface area contributed by atoms with Crippen molar-refractivity contribution in [2.45, 2.75) is 20.4 Å². The summed E-state index contributed by atoms with van der Waals surface area (Å²) < 4.78 is 0. The molecule has 0 aliphatic heterocycles. The summed E-state index contributed by atoms with van der Waals surface area (Å²) in [4.78, 5) is 11.0. The van der Waals surface area contributed by atoms with E-state index in [-0.39, 0.29) is 0 Å². The normalized spacial score (nSPS) is 10.2. The lowest BCUT2D eigenvalue weighted by molar-refractivity contribution is 0.846. The third kappa shape index (κ3) is 3.68. The summed E-state index contributed by atoms with van der Waals surface area (Å²) in [5, 5.41) is 3.32. The zero-order valence-corrected chi connectivity index (χ0v) is 11.5. The molecule has 2 heterocycles. The first-order valence-electron chi connectivity index (χ1n) is 6.68. The van der Waals surface area contributed by atoms with Crippen LogP contribution in [0.4, 0.5) is 11.5 Å². The van der Waals surface area contributed by atoms with Gasteiger partial charge in [-0.3, -0.25) is 4.98 Å². The summed E-state index contributed by atoms with van der Waals surface area (Å²) in [6.45, 7) is 6.94. The molecule has 0 aromatic carbocycles. The van der Waals surface area contributed by atoms with Gasteiger partial charge in [0.25, 0.3) is 0 Å². The largest absolute Gasteiger partial charge is 0.378 e. The van der Waals surface area contributed by atoms with Crippen molar-refractivity contribution in [2.24, 2.45) is 0 Å². The van der Waals surface area contributed by atoms with E-state index < -0.39 is 0 Å². The number of anilines is 2. The lowest BCUT2D eigenvalue weighted by Gasteiger charge is -2.19. The minimum Gasteiger partial charge on any atom is -0.378 e. The van der Waals surface area contributed by atoms with Crippen LogP contribution in [-0.2, 0) is 6.54 Å². The highest BCUT2D eigenvalue weighted by molar-refractivity contribution is 5.48. The van der Waals surface area contributed by atoms with Crippen molar-refractivity contribution < 1.29 is 0 Å². The molecule has 0 saturated heterocycles. The van der Waals surface area contributed by atoms with E-state index in [0.717, 1.165) is 30.3 Å². The summed E-state index contributed by atoms with van der Waals surface area (Å²) >= 11 is 0. The lowest BCUT2D eigenvalue weighted by atomic mass is 10.3. The van der Waals surface area contributed by atoms with Crippen molar-refractivity contribution in [2.75, 3.05) is 23.3 Å². The van der Waals surface area contributed by atoms with Crippen molar-refractivity contribution in [1.29, 1.82) is 0 Å². The topological polar surface area (TPSA) is 41.0 Å². The van der Waals surface area contributed by atoms with E-state index in [4.69, 9.17) is 0 Å². The number of nitrogens with one attached hydrogen (secondary N) is 1. The predicted octanol–water partition coefficient (Wildman–Crippen LogP) is 2.93. The van der Waals surface area contributed by atoms with Crippen molar-refractivity contribution in [1.82, 2.24) is 9.97 Å². The molecule has 0 aliphatic carbocycles. The number of rotatable bonds is 6. The van der Waals surface area contributed by atoms with Gasteiger partial charge < -0.3 is 10.2 Å². The zero-order valence-electron chi connectivity index (χ0n) is 11.5. The van der Waals surface area contributed by atoms with E-state index >= 15 is 0 Å².